The second kappa shape index (κ2) is 20.3. The number of carbonyl (C=O) groups is 5. The van der Waals surface area contributed by atoms with Crippen LogP contribution in [0.1, 0.15) is 47.2 Å². The van der Waals surface area contributed by atoms with Gasteiger partial charge in [0.1, 0.15) is 17.9 Å². The zero-order valence-corrected chi connectivity index (χ0v) is 32.9. The largest absolute Gasteiger partial charge is 0.483 e. The molecule has 16 heteroatoms. The van der Waals surface area contributed by atoms with E-state index >= 15 is 0 Å². The number of allylic oxidation sites excluding steroid dienone is 1. The number of amides is 2. The molecule has 3 N–H and O–H groups in total. The average Bonchev–Trinajstić information content (AvgIpc) is 3.17. The number of hydrogen-bond donors (Lipinski definition) is 3. The molecule has 1 atom stereocenters. The summed E-state index contributed by atoms with van der Waals surface area (Å²) in [6, 6.07) is 11.1. The Bertz CT molecular complexity index is 1870. The molecular weight excluding hydrogens is 726 g/mol. The summed E-state index contributed by atoms with van der Waals surface area (Å²) in [4.78, 5) is 75.7. The summed E-state index contributed by atoms with van der Waals surface area (Å²) < 4.78 is 5.24. The van der Waals surface area contributed by atoms with E-state index in [-0.39, 0.29) is 36.6 Å². The van der Waals surface area contributed by atoms with Gasteiger partial charge in [0.15, 0.2) is 24.1 Å². The zero-order chi connectivity index (χ0) is 40.1. The standard InChI is InChI=1S/C37H43ClN8O6.C2H7N/c1-43(2)32-8-6-27(17-25(32)19-30(23-49)52-16-15-47)40-35-31(38)20-39-37(42-35)46-13-11-28(12-14-46)45(4)29-7-5-24(22-48)26(18-29)21-44(3)33-9-10-34(50)41-36(33)51;1-3-2/h5-8,15,17-20,22-23,28,33H,9-14,16,21H2,1-4H3,(H,39,40,42)(H,41,50,51);3H,1-2H3/b30-19+;. The van der Waals surface area contributed by atoms with Gasteiger partial charge in [-0.25, -0.2) is 4.98 Å². The third-order valence-electron chi connectivity index (χ3n) is 9.35. The first-order chi connectivity index (χ1) is 26.4. The molecule has 2 fully saturated rings. The number of halogens is 1. The van der Waals surface area contributed by atoms with Crippen LogP contribution < -0.4 is 30.7 Å². The van der Waals surface area contributed by atoms with Crippen LogP contribution in [0.25, 0.3) is 6.08 Å². The van der Waals surface area contributed by atoms with Gasteiger partial charge in [0.2, 0.25) is 17.8 Å². The van der Waals surface area contributed by atoms with Crippen molar-refractivity contribution in [3.05, 3.63) is 70.1 Å². The Morgan fingerprint density at radius 1 is 1.02 bits per heavy atom. The van der Waals surface area contributed by atoms with Crippen LogP contribution in [0.2, 0.25) is 5.02 Å². The molecule has 2 aliphatic rings. The topological polar surface area (TPSA) is 169 Å². The molecule has 2 aromatic carbocycles. The van der Waals surface area contributed by atoms with Gasteiger partial charge in [-0.15, -0.1) is 0 Å². The third kappa shape index (κ3) is 11.3. The number of aldehydes is 3. The predicted octanol–water partition coefficient (Wildman–Crippen LogP) is 3.69. The highest BCUT2D eigenvalue weighted by atomic mass is 35.5. The van der Waals surface area contributed by atoms with Crippen LogP contribution >= 0.6 is 11.6 Å². The fraction of sp³-hybridized carbons (Fsp3) is 0.410. The monoisotopic (exact) mass is 775 g/mol. The number of aromatic nitrogens is 2. The van der Waals surface area contributed by atoms with Crippen molar-refractivity contribution in [2.75, 3.05) is 82.0 Å². The van der Waals surface area contributed by atoms with E-state index in [0.29, 0.717) is 72.2 Å². The van der Waals surface area contributed by atoms with Gasteiger partial charge in [0, 0.05) is 81.4 Å². The molecule has 294 valence electrons. The number of ether oxygens (including phenoxy) is 1. The Hall–Kier alpha value is -5.38. The van der Waals surface area contributed by atoms with Crippen LogP contribution in [0.3, 0.4) is 0 Å². The first kappa shape index (κ1) is 42.4. The first-order valence-corrected chi connectivity index (χ1v) is 18.3. The van der Waals surface area contributed by atoms with Crippen molar-refractivity contribution in [1.29, 1.82) is 0 Å². The van der Waals surface area contributed by atoms with Gasteiger partial charge in [0.25, 0.3) is 0 Å². The van der Waals surface area contributed by atoms with Crippen LogP contribution in [0.15, 0.2) is 48.4 Å². The molecule has 15 nitrogen and oxygen atoms in total. The van der Waals surface area contributed by atoms with E-state index in [1.807, 2.05) is 88.5 Å². The van der Waals surface area contributed by atoms with Gasteiger partial charge < -0.3 is 30.1 Å². The van der Waals surface area contributed by atoms with Crippen molar-refractivity contribution in [2.45, 2.75) is 44.3 Å². The van der Waals surface area contributed by atoms with Gasteiger partial charge in [-0.05, 0) is 88.4 Å². The Morgan fingerprint density at radius 3 is 2.38 bits per heavy atom. The second-order valence-electron chi connectivity index (χ2n) is 13.5. The molecule has 3 aromatic rings. The Kier molecular flexibility index (Phi) is 15.7. The van der Waals surface area contributed by atoms with E-state index in [1.165, 1.54) is 0 Å². The molecule has 2 amide bonds. The maximum Gasteiger partial charge on any atom is 0.243 e. The molecule has 0 saturated carbocycles. The van der Waals surface area contributed by atoms with Gasteiger partial charge >= 0.3 is 0 Å². The van der Waals surface area contributed by atoms with Gasteiger partial charge in [-0.3, -0.25) is 34.2 Å². The number of likely N-dealkylation sites (N-methyl/N-ethyl adjacent to an activating group) is 1. The SMILES string of the molecule is CN(C)c1ccc(Nc2nc(N3CCC(N(C)c4ccc(C=O)c(CN(C)C5CCC(=O)NC5=O)c4)CC3)ncc2Cl)cc1/C=C(\C=O)OCC=O.CNC. The minimum atomic E-state index is -0.441. The van der Waals surface area contributed by atoms with Crippen molar-refractivity contribution < 1.29 is 28.7 Å². The highest BCUT2D eigenvalue weighted by Crippen LogP contribution is 2.31. The van der Waals surface area contributed by atoms with Crippen LogP contribution in [0, 0.1) is 0 Å². The maximum atomic E-state index is 12.4. The lowest BCUT2D eigenvalue weighted by molar-refractivity contribution is -0.137. The van der Waals surface area contributed by atoms with Crippen LogP contribution in [-0.4, -0.2) is 120 Å². The number of carbonyl (C=O) groups excluding carboxylic acids is 5. The number of hydrogen-bond acceptors (Lipinski definition) is 14. The molecule has 2 saturated heterocycles. The fourth-order valence-corrected chi connectivity index (χ4v) is 6.63. The summed E-state index contributed by atoms with van der Waals surface area (Å²) in [5, 5.41) is 8.77. The van der Waals surface area contributed by atoms with E-state index in [1.54, 1.807) is 12.3 Å². The van der Waals surface area contributed by atoms with E-state index in [2.05, 4.69) is 30.7 Å². The highest BCUT2D eigenvalue weighted by molar-refractivity contribution is 6.32. The molecule has 3 heterocycles. The number of rotatable bonds is 15. The Morgan fingerprint density at radius 2 is 1.75 bits per heavy atom. The van der Waals surface area contributed by atoms with Crippen LogP contribution in [0.5, 0.6) is 0 Å². The van der Waals surface area contributed by atoms with E-state index in [0.717, 1.165) is 36.1 Å². The number of piperidine rings is 2. The average molecular weight is 776 g/mol. The Balaban J connectivity index is 0.00000217. The summed E-state index contributed by atoms with van der Waals surface area (Å²) in [5.74, 6) is 0.420. The molecule has 0 bridgehead atoms. The third-order valence-corrected chi connectivity index (χ3v) is 9.63. The fourth-order valence-electron chi connectivity index (χ4n) is 6.49. The molecule has 0 spiro atoms. The molecule has 2 aliphatic heterocycles. The summed E-state index contributed by atoms with van der Waals surface area (Å²) >= 11 is 6.54. The van der Waals surface area contributed by atoms with Gasteiger partial charge in [0.05, 0.1) is 12.2 Å². The number of nitrogens with zero attached hydrogens (tertiary/aromatic N) is 6. The zero-order valence-electron chi connectivity index (χ0n) is 32.2. The highest BCUT2D eigenvalue weighted by Gasteiger charge is 2.30. The van der Waals surface area contributed by atoms with Gasteiger partial charge in [-0.1, -0.05) is 11.6 Å². The van der Waals surface area contributed by atoms with Crippen molar-refractivity contribution in [1.82, 2.24) is 25.5 Å². The molecule has 0 aliphatic carbocycles. The van der Waals surface area contributed by atoms with Crippen LogP contribution in [-0.2, 0) is 30.5 Å². The lowest BCUT2D eigenvalue weighted by Crippen LogP contribution is -2.51. The number of benzene rings is 2. The van der Waals surface area contributed by atoms with Crippen LogP contribution in [0.4, 0.5) is 28.8 Å². The van der Waals surface area contributed by atoms with Crippen molar-refractivity contribution in [3.8, 4) is 0 Å². The number of nitrogens with one attached hydrogen (secondary N) is 3. The normalized spacial score (nSPS) is 16.1. The molecular formula is C39H50ClN9O6. The molecule has 55 heavy (non-hydrogen) atoms. The second-order valence-corrected chi connectivity index (χ2v) is 13.9. The Labute approximate surface area is 327 Å². The van der Waals surface area contributed by atoms with E-state index < -0.39 is 6.04 Å². The summed E-state index contributed by atoms with van der Waals surface area (Å²) in [6.07, 6.45) is 7.50. The number of anilines is 5. The summed E-state index contributed by atoms with van der Waals surface area (Å²) in [7, 11) is 11.4. The van der Waals surface area contributed by atoms with Crippen molar-refractivity contribution in [3.63, 3.8) is 0 Å². The summed E-state index contributed by atoms with van der Waals surface area (Å²) in [6.45, 7) is 1.57. The van der Waals surface area contributed by atoms with Gasteiger partial charge in [-0.2, -0.15) is 4.98 Å². The molecule has 1 unspecified atom stereocenters. The first-order valence-electron chi connectivity index (χ1n) is 17.9. The van der Waals surface area contributed by atoms with E-state index in [4.69, 9.17) is 21.3 Å². The lowest BCUT2D eigenvalue weighted by Gasteiger charge is -2.38. The number of imide groups is 1. The van der Waals surface area contributed by atoms with Crippen molar-refractivity contribution in [2.24, 2.45) is 0 Å². The smallest absolute Gasteiger partial charge is 0.243 e. The predicted molar refractivity (Wildman–Crippen MR) is 215 cm³/mol. The summed E-state index contributed by atoms with van der Waals surface area (Å²) in [5.41, 5.74) is 4.54. The van der Waals surface area contributed by atoms with Crippen molar-refractivity contribution >= 4 is 77.2 Å². The minimum Gasteiger partial charge on any atom is -0.483 e. The molecule has 1 aromatic heterocycles. The lowest BCUT2D eigenvalue weighted by atomic mass is 10.00. The van der Waals surface area contributed by atoms with E-state index in [9.17, 15) is 24.0 Å². The molecule has 0 radical (unpaired) electrons. The quantitative estimate of drug-likeness (QED) is 0.0885. The molecule has 5 rings (SSSR count). The maximum absolute atomic E-state index is 12.4. The minimum absolute atomic E-state index is 0.0274.